The molecule has 0 heterocycles. The molecule has 0 aliphatic rings. The third-order valence-corrected chi connectivity index (χ3v) is 5.17. The molecule has 0 atom stereocenters. The summed E-state index contributed by atoms with van der Waals surface area (Å²) >= 11 is 0. The van der Waals surface area contributed by atoms with E-state index in [1.165, 1.54) is 14.0 Å². The molecular weight excluding hydrogens is 361 g/mol. The first-order valence-electron chi connectivity index (χ1n) is 7.58. The number of nitrogens with one attached hydrogen (secondary N) is 2. The Labute approximate surface area is 150 Å². The molecule has 2 aromatic rings. The molecule has 0 saturated carbocycles. The number of likely N-dealkylation sites (N-methyl/N-ethyl adjacent to an activating group) is 1. The SMILES string of the molecule is CC(=O)Nc1cccc(NC(=O)CN(C)S(=O)(=O)c2ccc(F)cc2)c1. The highest BCUT2D eigenvalue weighted by molar-refractivity contribution is 7.89. The molecule has 2 aromatic carbocycles. The van der Waals surface area contributed by atoms with Gasteiger partial charge in [-0.3, -0.25) is 9.59 Å². The molecule has 0 aliphatic carbocycles. The van der Waals surface area contributed by atoms with E-state index in [2.05, 4.69) is 10.6 Å². The zero-order valence-electron chi connectivity index (χ0n) is 14.2. The summed E-state index contributed by atoms with van der Waals surface area (Å²) in [6, 6.07) is 10.8. The van der Waals surface area contributed by atoms with Crippen molar-refractivity contribution in [1.29, 1.82) is 0 Å². The second-order valence-electron chi connectivity index (χ2n) is 5.53. The molecular formula is C17H18FN3O4S. The highest BCUT2D eigenvalue weighted by Crippen LogP contribution is 2.17. The largest absolute Gasteiger partial charge is 0.326 e. The van der Waals surface area contributed by atoms with Gasteiger partial charge in [0.05, 0.1) is 11.4 Å². The summed E-state index contributed by atoms with van der Waals surface area (Å²) in [6.45, 7) is 0.935. The molecule has 0 fully saturated rings. The Balaban J connectivity index is 2.05. The first-order chi connectivity index (χ1) is 12.2. The van der Waals surface area contributed by atoms with Crippen LogP contribution in [-0.4, -0.2) is 38.1 Å². The van der Waals surface area contributed by atoms with Crippen LogP contribution in [0.4, 0.5) is 15.8 Å². The van der Waals surface area contributed by atoms with Gasteiger partial charge in [0.1, 0.15) is 5.82 Å². The summed E-state index contributed by atoms with van der Waals surface area (Å²) < 4.78 is 38.6. The van der Waals surface area contributed by atoms with Crippen molar-refractivity contribution >= 4 is 33.2 Å². The molecule has 0 aromatic heterocycles. The summed E-state index contributed by atoms with van der Waals surface area (Å²) in [7, 11) is -2.66. The normalized spacial score (nSPS) is 11.2. The van der Waals surface area contributed by atoms with Gasteiger partial charge in [-0.1, -0.05) is 6.07 Å². The molecule has 7 nitrogen and oxygen atoms in total. The van der Waals surface area contributed by atoms with Crippen LogP contribution in [0, 0.1) is 5.82 Å². The molecule has 0 spiro atoms. The lowest BCUT2D eigenvalue weighted by atomic mass is 10.2. The Bertz CT molecular complexity index is 914. The van der Waals surface area contributed by atoms with Crippen molar-refractivity contribution in [3.8, 4) is 0 Å². The Kier molecular flexibility index (Phi) is 6.06. The van der Waals surface area contributed by atoms with E-state index >= 15 is 0 Å². The molecule has 2 amide bonds. The highest BCUT2D eigenvalue weighted by atomic mass is 32.2. The maximum atomic E-state index is 12.9. The van der Waals surface area contributed by atoms with Gasteiger partial charge in [0, 0.05) is 25.3 Å². The summed E-state index contributed by atoms with van der Waals surface area (Å²) in [5, 5.41) is 5.15. The van der Waals surface area contributed by atoms with Crippen LogP contribution in [0.15, 0.2) is 53.4 Å². The van der Waals surface area contributed by atoms with Gasteiger partial charge in [0.15, 0.2) is 0 Å². The Morgan fingerprint density at radius 3 is 2.19 bits per heavy atom. The van der Waals surface area contributed by atoms with Crippen LogP contribution < -0.4 is 10.6 Å². The Morgan fingerprint density at radius 2 is 1.62 bits per heavy atom. The van der Waals surface area contributed by atoms with Crippen LogP contribution in [0.5, 0.6) is 0 Å². The van der Waals surface area contributed by atoms with Crippen LogP contribution in [0.25, 0.3) is 0 Å². The predicted molar refractivity (Wildman–Crippen MR) is 95.6 cm³/mol. The molecule has 2 N–H and O–H groups in total. The third kappa shape index (κ3) is 5.11. The fourth-order valence-corrected chi connectivity index (χ4v) is 3.28. The second kappa shape index (κ2) is 8.07. The van der Waals surface area contributed by atoms with E-state index in [0.717, 1.165) is 28.6 Å². The number of carbonyl (C=O) groups excluding carboxylic acids is 2. The van der Waals surface area contributed by atoms with Crippen molar-refractivity contribution in [3.05, 3.63) is 54.3 Å². The summed E-state index contributed by atoms with van der Waals surface area (Å²) in [4.78, 5) is 23.1. The Morgan fingerprint density at radius 1 is 1.04 bits per heavy atom. The maximum Gasteiger partial charge on any atom is 0.243 e. The molecule has 0 bridgehead atoms. The van der Waals surface area contributed by atoms with Crippen LogP contribution in [-0.2, 0) is 19.6 Å². The number of rotatable bonds is 6. The molecule has 0 saturated heterocycles. The number of nitrogens with zero attached hydrogens (tertiary/aromatic N) is 1. The van der Waals surface area contributed by atoms with E-state index in [9.17, 15) is 22.4 Å². The lowest BCUT2D eigenvalue weighted by molar-refractivity contribution is -0.116. The first-order valence-corrected chi connectivity index (χ1v) is 9.02. The fraction of sp³-hybridized carbons (Fsp3) is 0.176. The maximum absolute atomic E-state index is 12.9. The van der Waals surface area contributed by atoms with Crippen LogP contribution in [0.2, 0.25) is 0 Å². The van der Waals surface area contributed by atoms with Gasteiger partial charge < -0.3 is 10.6 Å². The van der Waals surface area contributed by atoms with E-state index in [4.69, 9.17) is 0 Å². The van der Waals surface area contributed by atoms with E-state index in [0.29, 0.717) is 11.4 Å². The van der Waals surface area contributed by atoms with E-state index in [1.54, 1.807) is 24.3 Å². The summed E-state index contributed by atoms with van der Waals surface area (Å²) in [5.74, 6) is -1.36. The van der Waals surface area contributed by atoms with Crippen LogP contribution >= 0.6 is 0 Å². The minimum Gasteiger partial charge on any atom is -0.326 e. The minimum atomic E-state index is -3.92. The monoisotopic (exact) mass is 379 g/mol. The molecule has 0 aliphatic heterocycles. The quantitative estimate of drug-likeness (QED) is 0.803. The van der Waals surface area contributed by atoms with Crippen molar-refractivity contribution in [2.24, 2.45) is 0 Å². The van der Waals surface area contributed by atoms with Crippen LogP contribution in [0.3, 0.4) is 0 Å². The number of hydrogen-bond acceptors (Lipinski definition) is 4. The van der Waals surface area contributed by atoms with Crippen LogP contribution in [0.1, 0.15) is 6.92 Å². The predicted octanol–water partition coefficient (Wildman–Crippen LogP) is 2.04. The second-order valence-corrected chi connectivity index (χ2v) is 7.57. The van der Waals surface area contributed by atoms with Crippen molar-refractivity contribution in [2.75, 3.05) is 24.2 Å². The van der Waals surface area contributed by atoms with Gasteiger partial charge in [-0.2, -0.15) is 4.31 Å². The lowest BCUT2D eigenvalue weighted by Gasteiger charge is -2.17. The fourth-order valence-electron chi connectivity index (χ4n) is 2.15. The van der Waals surface area contributed by atoms with Crippen molar-refractivity contribution in [3.63, 3.8) is 0 Å². The number of anilines is 2. The van der Waals surface area contributed by atoms with Gasteiger partial charge in [-0.25, -0.2) is 12.8 Å². The number of amides is 2. The zero-order valence-corrected chi connectivity index (χ0v) is 15.0. The van der Waals surface area contributed by atoms with Gasteiger partial charge >= 0.3 is 0 Å². The molecule has 9 heteroatoms. The van der Waals surface area contributed by atoms with Crippen molar-refractivity contribution in [2.45, 2.75) is 11.8 Å². The molecule has 2 rings (SSSR count). The zero-order chi connectivity index (χ0) is 19.3. The lowest BCUT2D eigenvalue weighted by Crippen LogP contribution is -2.35. The smallest absolute Gasteiger partial charge is 0.243 e. The van der Waals surface area contributed by atoms with E-state index in [-0.39, 0.29) is 10.8 Å². The minimum absolute atomic E-state index is 0.109. The van der Waals surface area contributed by atoms with Gasteiger partial charge in [-0.05, 0) is 42.5 Å². The standard InChI is InChI=1S/C17H18FN3O4S/c1-12(22)19-14-4-3-5-15(10-14)20-17(23)11-21(2)26(24,25)16-8-6-13(18)7-9-16/h3-10H,11H2,1-2H3,(H,19,22)(H,20,23). The average Bonchev–Trinajstić information content (AvgIpc) is 2.54. The summed E-state index contributed by atoms with van der Waals surface area (Å²) in [6.07, 6.45) is 0. The first kappa shape index (κ1) is 19.5. The number of benzene rings is 2. The number of halogens is 1. The average molecular weight is 379 g/mol. The number of sulfonamides is 1. The van der Waals surface area contributed by atoms with Gasteiger partial charge in [0.25, 0.3) is 0 Å². The number of hydrogen-bond donors (Lipinski definition) is 2. The van der Waals surface area contributed by atoms with Crippen molar-refractivity contribution < 1.29 is 22.4 Å². The molecule has 26 heavy (non-hydrogen) atoms. The van der Waals surface area contributed by atoms with Crippen molar-refractivity contribution in [1.82, 2.24) is 4.31 Å². The van der Waals surface area contributed by atoms with E-state index in [1.807, 2.05) is 0 Å². The number of carbonyl (C=O) groups is 2. The summed E-state index contributed by atoms with van der Waals surface area (Å²) in [5.41, 5.74) is 0.913. The van der Waals surface area contributed by atoms with Gasteiger partial charge in [0.2, 0.25) is 21.8 Å². The topological polar surface area (TPSA) is 95.6 Å². The van der Waals surface area contributed by atoms with E-state index < -0.39 is 28.3 Å². The molecule has 0 radical (unpaired) electrons. The molecule has 0 unspecified atom stereocenters. The highest BCUT2D eigenvalue weighted by Gasteiger charge is 2.23. The Hall–Kier alpha value is -2.78. The van der Waals surface area contributed by atoms with Gasteiger partial charge in [-0.15, -0.1) is 0 Å². The molecule has 138 valence electrons. The third-order valence-electron chi connectivity index (χ3n) is 3.35.